The van der Waals surface area contributed by atoms with Crippen LogP contribution in [0.5, 0.6) is 0 Å². The number of hydrogen-bond acceptors (Lipinski definition) is 2. The van der Waals surface area contributed by atoms with E-state index in [4.69, 9.17) is 0 Å². The molecular formula is C11H16O2. The lowest BCUT2D eigenvalue weighted by atomic mass is 9.75. The molecule has 1 N–H and O–H groups in total. The molecule has 0 bridgehead atoms. The summed E-state index contributed by atoms with van der Waals surface area (Å²) < 4.78 is 0. The predicted octanol–water partition coefficient (Wildman–Crippen LogP) is 1.54. The minimum atomic E-state index is -0.206. The molecule has 0 spiro atoms. The third-order valence-corrected chi connectivity index (χ3v) is 3.49. The summed E-state index contributed by atoms with van der Waals surface area (Å²) in [5.74, 6) is 0.826. The lowest BCUT2D eigenvalue weighted by Crippen LogP contribution is -2.28. The van der Waals surface area contributed by atoms with Gasteiger partial charge in [-0.1, -0.05) is 11.6 Å². The summed E-state index contributed by atoms with van der Waals surface area (Å²) in [6.07, 6.45) is 5.82. The van der Waals surface area contributed by atoms with Gasteiger partial charge in [0.2, 0.25) is 0 Å². The third kappa shape index (κ3) is 1.44. The Hall–Kier alpha value is -0.630. The van der Waals surface area contributed by atoms with Crippen LogP contribution >= 0.6 is 0 Å². The van der Waals surface area contributed by atoms with Crippen LogP contribution in [0.1, 0.15) is 26.2 Å². The van der Waals surface area contributed by atoms with E-state index in [0.29, 0.717) is 5.92 Å². The number of allylic oxidation sites excluding steroid dienone is 1. The summed E-state index contributed by atoms with van der Waals surface area (Å²) in [6.45, 7) is 2.05. The summed E-state index contributed by atoms with van der Waals surface area (Å²) >= 11 is 0. The van der Waals surface area contributed by atoms with Crippen LogP contribution in [0.4, 0.5) is 0 Å². The van der Waals surface area contributed by atoms with Gasteiger partial charge >= 0.3 is 0 Å². The highest BCUT2D eigenvalue weighted by atomic mass is 16.3. The molecule has 0 unspecified atom stereocenters. The molecule has 4 atom stereocenters. The first kappa shape index (κ1) is 8.95. The molecular weight excluding hydrogens is 164 g/mol. The number of carbonyl (C=O) groups is 1. The third-order valence-electron chi connectivity index (χ3n) is 3.49. The predicted molar refractivity (Wildman–Crippen MR) is 50.1 cm³/mol. The molecule has 0 heterocycles. The first-order chi connectivity index (χ1) is 6.22. The van der Waals surface area contributed by atoms with E-state index in [0.717, 1.165) is 25.5 Å². The molecule has 13 heavy (non-hydrogen) atoms. The van der Waals surface area contributed by atoms with Gasteiger partial charge in [-0.25, -0.2) is 0 Å². The summed E-state index contributed by atoms with van der Waals surface area (Å²) in [5, 5.41) is 9.69. The van der Waals surface area contributed by atoms with Crippen molar-refractivity contribution in [3.8, 4) is 0 Å². The molecule has 2 heteroatoms. The largest absolute Gasteiger partial charge is 0.393 e. The van der Waals surface area contributed by atoms with Crippen LogP contribution in [-0.4, -0.2) is 17.5 Å². The zero-order valence-electron chi connectivity index (χ0n) is 7.94. The second kappa shape index (κ2) is 3.26. The van der Waals surface area contributed by atoms with E-state index in [9.17, 15) is 9.90 Å². The van der Waals surface area contributed by atoms with E-state index in [1.165, 1.54) is 5.57 Å². The standard InChI is InChI=1S/C11H16O2/c1-7-4-8(6-12)9-2-3-11(13)10(9)5-7/h5-6,8-11,13H,2-4H2,1H3/t8-,9-,10-,11+/m1/s1. The number of aliphatic hydroxyl groups is 1. The second-order valence-corrected chi connectivity index (χ2v) is 4.40. The van der Waals surface area contributed by atoms with E-state index in [2.05, 4.69) is 13.0 Å². The molecule has 0 saturated heterocycles. The van der Waals surface area contributed by atoms with Gasteiger partial charge in [0, 0.05) is 11.8 Å². The maximum Gasteiger partial charge on any atom is 0.123 e. The van der Waals surface area contributed by atoms with Gasteiger partial charge < -0.3 is 9.90 Å². The van der Waals surface area contributed by atoms with E-state index >= 15 is 0 Å². The summed E-state index contributed by atoms with van der Waals surface area (Å²) in [5.41, 5.74) is 1.26. The highest BCUT2D eigenvalue weighted by Crippen LogP contribution is 2.43. The molecule has 1 saturated carbocycles. The molecule has 0 amide bonds. The van der Waals surface area contributed by atoms with Crippen LogP contribution < -0.4 is 0 Å². The Bertz CT molecular complexity index is 244. The van der Waals surface area contributed by atoms with Crippen LogP contribution in [0.2, 0.25) is 0 Å². The van der Waals surface area contributed by atoms with E-state index < -0.39 is 0 Å². The normalized spacial score (nSPS) is 44.0. The number of aldehydes is 1. The smallest absolute Gasteiger partial charge is 0.123 e. The zero-order valence-corrected chi connectivity index (χ0v) is 7.94. The Labute approximate surface area is 78.6 Å². The number of hydrogen-bond donors (Lipinski definition) is 1. The van der Waals surface area contributed by atoms with Gasteiger partial charge in [0.05, 0.1) is 6.10 Å². The quantitative estimate of drug-likeness (QED) is 0.491. The average Bonchev–Trinajstić information content (AvgIpc) is 2.47. The van der Waals surface area contributed by atoms with Gasteiger partial charge in [-0.2, -0.15) is 0 Å². The van der Waals surface area contributed by atoms with Crippen molar-refractivity contribution in [3.63, 3.8) is 0 Å². The van der Waals surface area contributed by atoms with Gasteiger partial charge in [-0.15, -0.1) is 0 Å². The van der Waals surface area contributed by atoms with Gasteiger partial charge in [-0.3, -0.25) is 0 Å². The van der Waals surface area contributed by atoms with E-state index in [-0.39, 0.29) is 17.9 Å². The fraction of sp³-hybridized carbons (Fsp3) is 0.727. The van der Waals surface area contributed by atoms with Crippen LogP contribution in [0.15, 0.2) is 11.6 Å². The van der Waals surface area contributed by atoms with Crippen molar-refractivity contribution in [3.05, 3.63) is 11.6 Å². The Balaban J connectivity index is 2.24. The van der Waals surface area contributed by atoms with Crippen LogP contribution in [-0.2, 0) is 4.79 Å². The van der Waals surface area contributed by atoms with Crippen molar-refractivity contribution >= 4 is 6.29 Å². The van der Waals surface area contributed by atoms with Crippen LogP contribution in [0.25, 0.3) is 0 Å². The van der Waals surface area contributed by atoms with Crippen LogP contribution in [0.3, 0.4) is 0 Å². The molecule has 2 aliphatic carbocycles. The first-order valence-electron chi connectivity index (χ1n) is 5.03. The monoisotopic (exact) mass is 180 g/mol. The summed E-state index contributed by atoms with van der Waals surface area (Å²) in [6, 6.07) is 0. The maximum absolute atomic E-state index is 10.8. The second-order valence-electron chi connectivity index (χ2n) is 4.40. The van der Waals surface area contributed by atoms with Gasteiger partial charge in [-0.05, 0) is 32.1 Å². The summed E-state index contributed by atoms with van der Waals surface area (Å²) in [7, 11) is 0. The van der Waals surface area contributed by atoms with Crippen molar-refractivity contribution in [2.45, 2.75) is 32.3 Å². The van der Waals surface area contributed by atoms with Crippen molar-refractivity contribution in [1.29, 1.82) is 0 Å². The Morgan fingerprint density at radius 2 is 2.31 bits per heavy atom. The molecule has 2 aliphatic rings. The van der Waals surface area contributed by atoms with Crippen molar-refractivity contribution < 1.29 is 9.90 Å². The SMILES string of the molecule is CC1=C[C@@H]2[C@H](CC[C@@H]2O)[C@@H](C=O)C1. The number of rotatable bonds is 1. The van der Waals surface area contributed by atoms with Gasteiger partial charge in [0.1, 0.15) is 6.29 Å². The lowest BCUT2D eigenvalue weighted by molar-refractivity contribution is -0.113. The summed E-state index contributed by atoms with van der Waals surface area (Å²) in [4.78, 5) is 10.8. The fourth-order valence-electron chi connectivity index (χ4n) is 2.84. The molecule has 0 aromatic rings. The molecule has 2 nitrogen and oxygen atoms in total. The van der Waals surface area contributed by atoms with Crippen LogP contribution in [0, 0.1) is 17.8 Å². The lowest BCUT2D eigenvalue weighted by Gasteiger charge is -2.29. The van der Waals surface area contributed by atoms with E-state index in [1.54, 1.807) is 0 Å². The number of fused-ring (bicyclic) bond motifs is 1. The zero-order chi connectivity index (χ0) is 9.42. The maximum atomic E-state index is 10.8. The molecule has 72 valence electrons. The Morgan fingerprint density at radius 3 is 3.00 bits per heavy atom. The minimum Gasteiger partial charge on any atom is -0.393 e. The highest BCUT2D eigenvalue weighted by molar-refractivity contribution is 5.56. The molecule has 2 rings (SSSR count). The first-order valence-corrected chi connectivity index (χ1v) is 5.03. The highest BCUT2D eigenvalue weighted by Gasteiger charge is 2.40. The molecule has 0 aliphatic heterocycles. The minimum absolute atomic E-state index is 0.159. The topological polar surface area (TPSA) is 37.3 Å². The molecule has 0 aromatic heterocycles. The average molecular weight is 180 g/mol. The van der Waals surface area contributed by atoms with Gasteiger partial charge in [0.15, 0.2) is 0 Å². The number of carbonyl (C=O) groups excluding carboxylic acids is 1. The fourth-order valence-corrected chi connectivity index (χ4v) is 2.84. The number of aliphatic hydroxyl groups excluding tert-OH is 1. The van der Waals surface area contributed by atoms with Gasteiger partial charge in [0.25, 0.3) is 0 Å². The van der Waals surface area contributed by atoms with E-state index in [1.807, 2.05) is 0 Å². The molecule has 0 aromatic carbocycles. The molecule has 0 radical (unpaired) electrons. The van der Waals surface area contributed by atoms with Crippen molar-refractivity contribution in [1.82, 2.24) is 0 Å². The Morgan fingerprint density at radius 1 is 1.54 bits per heavy atom. The Kier molecular flexibility index (Phi) is 2.24. The van der Waals surface area contributed by atoms with Crippen molar-refractivity contribution in [2.75, 3.05) is 0 Å². The molecule has 1 fully saturated rings. The van der Waals surface area contributed by atoms with Crippen molar-refractivity contribution in [2.24, 2.45) is 17.8 Å².